The van der Waals surface area contributed by atoms with Gasteiger partial charge in [-0.1, -0.05) is 42.0 Å². The van der Waals surface area contributed by atoms with Crippen molar-refractivity contribution in [3.63, 3.8) is 0 Å². The lowest BCUT2D eigenvalue weighted by atomic mass is 10.1. The van der Waals surface area contributed by atoms with Crippen LogP contribution in [0.3, 0.4) is 0 Å². The van der Waals surface area contributed by atoms with Crippen molar-refractivity contribution in [1.82, 2.24) is 10.2 Å². The van der Waals surface area contributed by atoms with E-state index >= 15 is 0 Å². The molecule has 26 heavy (non-hydrogen) atoms. The average molecular weight is 352 g/mol. The number of carbonyl (C=O) groups excluding carboxylic acids is 1. The number of nitrogens with one attached hydrogen (secondary N) is 1. The number of benzene rings is 2. The number of rotatable bonds is 5. The van der Waals surface area contributed by atoms with Gasteiger partial charge in [-0.3, -0.25) is 9.69 Å². The van der Waals surface area contributed by atoms with Gasteiger partial charge in [0.15, 0.2) is 0 Å². The van der Waals surface area contributed by atoms with Crippen LogP contribution in [0.1, 0.15) is 40.9 Å². The molecule has 1 N–H and O–H groups in total. The highest BCUT2D eigenvalue weighted by molar-refractivity contribution is 5.94. The van der Waals surface area contributed by atoms with E-state index in [1.54, 1.807) is 0 Å². The summed E-state index contributed by atoms with van der Waals surface area (Å²) in [7, 11) is 0. The first-order valence-corrected chi connectivity index (χ1v) is 9.30. The molecule has 2 unspecified atom stereocenters. The molecule has 0 radical (unpaired) electrons. The molecule has 1 heterocycles. The molecule has 0 bridgehead atoms. The van der Waals surface area contributed by atoms with Gasteiger partial charge in [-0.25, -0.2) is 0 Å². The second kappa shape index (κ2) is 8.47. The maximum atomic E-state index is 12.2. The van der Waals surface area contributed by atoms with Crippen molar-refractivity contribution >= 4 is 5.91 Å². The summed E-state index contributed by atoms with van der Waals surface area (Å²) in [5.74, 6) is -0.0333. The Hall–Kier alpha value is -2.17. The summed E-state index contributed by atoms with van der Waals surface area (Å²) in [5, 5.41) is 2.99. The zero-order valence-corrected chi connectivity index (χ0v) is 15.9. The summed E-state index contributed by atoms with van der Waals surface area (Å²) in [6, 6.07) is 16.1. The lowest BCUT2D eigenvalue weighted by molar-refractivity contribution is -0.0704. The molecule has 0 aliphatic carbocycles. The maximum absolute atomic E-state index is 12.2. The fraction of sp³-hybridized carbons (Fsp3) is 0.409. The van der Waals surface area contributed by atoms with Crippen molar-refractivity contribution in [3.05, 3.63) is 70.8 Å². The first-order valence-electron chi connectivity index (χ1n) is 9.30. The summed E-state index contributed by atoms with van der Waals surface area (Å²) in [4.78, 5) is 14.7. The minimum Gasteiger partial charge on any atom is -0.373 e. The third-order valence-electron chi connectivity index (χ3n) is 4.66. The molecule has 0 aromatic heterocycles. The summed E-state index contributed by atoms with van der Waals surface area (Å²) in [6.07, 6.45) is 0.574. The van der Waals surface area contributed by atoms with Crippen LogP contribution in [0.25, 0.3) is 0 Å². The van der Waals surface area contributed by atoms with E-state index in [4.69, 9.17) is 4.74 Å². The third kappa shape index (κ3) is 5.16. The number of ether oxygens (including phenoxy) is 1. The van der Waals surface area contributed by atoms with Crippen molar-refractivity contribution < 1.29 is 9.53 Å². The van der Waals surface area contributed by atoms with Gasteiger partial charge in [0.05, 0.1) is 12.2 Å². The fourth-order valence-electron chi connectivity index (χ4n) is 3.50. The van der Waals surface area contributed by atoms with Crippen molar-refractivity contribution in [3.8, 4) is 0 Å². The molecule has 4 heteroatoms. The quantitative estimate of drug-likeness (QED) is 0.895. The van der Waals surface area contributed by atoms with Crippen LogP contribution in [0.4, 0.5) is 0 Å². The van der Waals surface area contributed by atoms with Crippen LogP contribution in [-0.2, 0) is 17.8 Å². The van der Waals surface area contributed by atoms with E-state index < -0.39 is 0 Å². The number of aryl methyl sites for hydroxylation is 1. The minimum atomic E-state index is -0.0333. The van der Waals surface area contributed by atoms with Crippen LogP contribution >= 0.6 is 0 Å². The van der Waals surface area contributed by atoms with E-state index in [0.29, 0.717) is 12.1 Å². The van der Waals surface area contributed by atoms with Crippen LogP contribution < -0.4 is 5.32 Å². The lowest BCUT2D eigenvalue weighted by Gasteiger charge is -2.35. The van der Waals surface area contributed by atoms with E-state index in [-0.39, 0.29) is 18.1 Å². The molecule has 4 nitrogen and oxygen atoms in total. The predicted octanol–water partition coefficient (Wildman–Crippen LogP) is 3.53. The summed E-state index contributed by atoms with van der Waals surface area (Å²) < 4.78 is 5.79. The molecule has 1 saturated heterocycles. The Kier molecular flexibility index (Phi) is 6.07. The monoisotopic (exact) mass is 352 g/mol. The van der Waals surface area contributed by atoms with Gasteiger partial charge in [0, 0.05) is 31.7 Å². The van der Waals surface area contributed by atoms with Gasteiger partial charge in [-0.05, 0) is 44.0 Å². The van der Waals surface area contributed by atoms with Crippen LogP contribution in [-0.4, -0.2) is 36.1 Å². The van der Waals surface area contributed by atoms with Crippen molar-refractivity contribution in [2.45, 2.75) is 46.1 Å². The van der Waals surface area contributed by atoms with E-state index in [1.807, 2.05) is 31.2 Å². The summed E-state index contributed by atoms with van der Waals surface area (Å²) in [6.45, 7) is 9.67. The van der Waals surface area contributed by atoms with Crippen molar-refractivity contribution in [1.29, 1.82) is 0 Å². The molecule has 0 saturated carbocycles. The number of morpholine rings is 1. The number of carbonyl (C=O) groups is 1. The van der Waals surface area contributed by atoms with E-state index in [2.05, 4.69) is 48.3 Å². The highest BCUT2D eigenvalue weighted by atomic mass is 16.5. The first kappa shape index (κ1) is 18.6. The van der Waals surface area contributed by atoms with E-state index in [9.17, 15) is 4.79 Å². The molecule has 2 atom stereocenters. The Morgan fingerprint density at radius 2 is 1.73 bits per heavy atom. The molecule has 0 spiro atoms. The predicted molar refractivity (Wildman–Crippen MR) is 104 cm³/mol. The molecule has 1 aliphatic rings. The Labute approximate surface area is 156 Å². The highest BCUT2D eigenvalue weighted by Crippen LogP contribution is 2.15. The van der Waals surface area contributed by atoms with Crippen LogP contribution in [0.2, 0.25) is 0 Å². The molecule has 2 aromatic rings. The second-order valence-corrected chi connectivity index (χ2v) is 7.32. The number of nitrogens with zero attached hydrogens (tertiary/aromatic N) is 1. The Bertz CT molecular complexity index is 732. The molecule has 1 aliphatic heterocycles. The second-order valence-electron chi connectivity index (χ2n) is 7.32. The zero-order valence-electron chi connectivity index (χ0n) is 15.9. The molecule has 1 amide bonds. The average Bonchev–Trinajstić information content (AvgIpc) is 2.60. The molecular weight excluding hydrogens is 324 g/mol. The van der Waals surface area contributed by atoms with Gasteiger partial charge < -0.3 is 10.1 Å². The Balaban J connectivity index is 1.52. The van der Waals surface area contributed by atoms with Gasteiger partial charge in [-0.2, -0.15) is 0 Å². The van der Waals surface area contributed by atoms with Gasteiger partial charge >= 0.3 is 0 Å². The van der Waals surface area contributed by atoms with E-state index in [1.165, 1.54) is 5.56 Å². The highest BCUT2D eigenvalue weighted by Gasteiger charge is 2.21. The first-order chi connectivity index (χ1) is 12.5. The number of amides is 1. The van der Waals surface area contributed by atoms with Crippen LogP contribution in [0.5, 0.6) is 0 Å². The molecule has 3 rings (SSSR count). The molecular formula is C22H28N2O2. The standard InChI is InChI=1S/C22H28N2O2/c1-16-5-4-6-21(11-16)22(25)23-12-19-7-9-20(10-8-19)15-24-13-17(2)26-18(3)14-24/h4-11,17-18H,12-15H2,1-3H3,(H,23,25). The lowest BCUT2D eigenvalue weighted by Crippen LogP contribution is -2.44. The third-order valence-corrected chi connectivity index (χ3v) is 4.66. The van der Waals surface area contributed by atoms with Gasteiger partial charge in [0.2, 0.25) is 0 Å². The molecule has 2 aromatic carbocycles. The number of hydrogen-bond donors (Lipinski definition) is 1. The van der Waals surface area contributed by atoms with Gasteiger partial charge in [0.25, 0.3) is 5.91 Å². The van der Waals surface area contributed by atoms with Crippen LogP contribution in [0.15, 0.2) is 48.5 Å². The molecule has 138 valence electrons. The minimum absolute atomic E-state index is 0.0333. The van der Waals surface area contributed by atoms with Crippen LogP contribution in [0, 0.1) is 6.92 Å². The zero-order chi connectivity index (χ0) is 18.5. The topological polar surface area (TPSA) is 41.6 Å². The van der Waals surface area contributed by atoms with E-state index in [0.717, 1.165) is 30.8 Å². The summed E-state index contributed by atoms with van der Waals surface area (Å²) >= 11 is 0. The normalized spacial score (nSPS) is 20.7. The van der Waals surface area contributed by atoms with Crippen molar-refractivity contribution in [2.24, 2.45) is 0 Å². The maximum Gasteiger partial charge on any atom is 0.251 e. The summed E-state index contributed by atoms with van der Waals surface area (Å²) in [5.41, 5.74) is 4.20. The largest absolute Gasteiger partial charge is 0.373 e. The van der Waals surface area contributed by atoms with Gasteiger partial charge in [0.1, 0.15) is 0 Å². The smallest absolute Gasteiger partial charge is 0.251 e. The van der Waals surface area contributed by atoms with Crippen molar-refractivity contribution in [2.75, 3.05) is 13.1 Å². The SMILES string of the molecule is Cc1cccc(C(=O)NCc2ccc(CN3CC(C)OC(C)C3)cc2)c1. The fourth-order valence-corrected chi connectivity index (χ4v) is 3.50. The Morgan fingerprint density at radius 1 is 1.08 bits per heavy atom. The van der Waals surface area contributed by atoms with Gasteiger partial charge in [-0.15, -0.1) is 0 Å². The molecule has 1 fully saturated rings. The Morgan fingerprint density at radius 3 is 2.38 bits per heavy atom. The number of hydrogen-bond acceptors (Lipinski definition) is 3.